The van der Waals surface area contributed by atoms with Gasteiger partial charge in [-0.1, -0.05) is 61.1 Å². The second kappa shape index (κ2) is 12.0. The van der Waals surface area contributed by atoms with Crippen molar-refractivity contribution in [2.75, 3.05) is 6.61 Å². The molecule has 0 aromatic heterocycles. The molecule has 45 heavy (non-hydrogen) atoms. The molecule has 5 aliphatic rings. The van der Waals surface area contributed by atoms with E-state index in [1.807, 2.05) is 27.7 Å². The van der Waals surface area contributed by atoms with Crippen LogP contribution in [0.2, 0.25) is 0 Å². The first kappa shape index (κ1) is 36.1. The normalized spacial score (nSPS) is 43.4. The minimum absolute atomic E-state index is 0. The van der Waals surface area contributed by atoms with Crippen LogP contribution in [0, 0.1) is 40.4 Å². The fourth-order valence-electron chi connectivity index (χ4n) is 10.6. The monoisotopic (exact) mass is 634 g/mol. The molecule has 2 saturated heterocycles. The molecule has 2 heterocycles. The van der Waals surface area contributed by atoms with Crippen LogP contribution in [-0.2, 0) is 33.3 Å². The molecule has 0 aromatic rings. The number of rotatable bonds is 8. The standard InChI is InChI=1S/C35H54O9.CH4/c1-12-26-42-24-14-25-35(16-40-25,44-22(8)36)29-21(7)34(32(9,10)39)15-23(41-31(38)28(37)18(4)13-17(2)3)19(5)27(34)20(6)30(43-26)33(24,29)11;/h12,17-18,20-21,23-26,28-30,37,39H,1,13-16H2,2-11H3;1H4/t18-,20-,21-,23?,24-,25+,26?,28+,29-,30-,33+,34+,35-;/m0./s1. The molecule has 0 radical (unpaired) electrons. The molecule has 0 spiro atoms. The van der Waals surface area contributed by atoms with Crippen LogP contribution >= 0.6 is 0 Å². The Balaban J connectivity index is 0.00000461. The van der Waals surface area contributed by atoms with Crippen molar-refractivity contribution in [3.63, 3.8) is 0 Å². The van der Waals surface area contributed by atoms with Crippen molar-refractivity contribution in [2.45, 2.75) is 144 Å². The van der Waals surface area contributed by atoms with Crippen molar-refractivity contribution in [1.82, 2.24) is 0 Å². The molecule has 0 aromatic carbocycles. The van der Waals surface area contributed by atoms with E-state index < -0.39 is 46.5 Å². The molecular formula is C36H58O9. The van der Waals surface area contributed by atoms with Crippen LogP contribution in [0.25, 0.3) is 0 Å². The van der Waals surface area contributed by atoms with Crippen molar-refractivity contribution in [3.8, 4) is 0 Å². The lowest BCUT2D eigenvalue weighted by Crippen LogP contribution is -2.78. The quantitative estimate of drug-likeness (QED) is 0.268. The molecule has 9 heteroatoms. The second-order valence-corrected chi connectivity index (χ2v) is 15.6. The van der Waals surface area contributed by atoms with E-state index in [0.29, 0.717) is 25.2 Å². The highest BCUT2D eigenvalue weighted by Crippen LogP contribution is 2.71. The van der Waals surface area contributed by atoms with Gasteiger partial charge in [0, 0.05) is 42.4 Å². The molecule has 4 fully saturated rings. The number of ether oxygens (including phenoxy) is 5. The summed E-state index contributed by atoms with van der Waals surface area (Å²) >= 11 is 0. The lowest BCUT2D eigenvalue weighted by molar-refractivity contribution is -0.387. The van der Waals surface area contributed by atoms with Crippen molar-refractivity contribution in [3.05, 3.63) is 23.8 Å². The largest absolute Gasteiger partial charge is 0.456 e. The third-order valence-electron chi connectivity index (χ3n) is 12.1. The van der Waals surface area contributed by atoms with Gasteiger partial charge in [-0.2, -0.15) is 0 Å². The number of carbonyl (C=O) groups is 2. The van der Waals surface area contributed by atoms with Crippen LogP contribution in [0.4, 0.5) is 0 Å². The van der Waals surface area contributed by atoms with E-state index >= 15 is 0 Å². The van der Waals surface area contributed by atoms with Crippen molar-refractivity contribution in [1.29, 1.82) is 0 Å². The summed E-state index contributed by atoms with van der Waals surface area (Å²) in [7, 11) is 0. The maximum absolute atomic E-state index is 13.4. The molecule has 0 amide bonds. The van der Waals surface area contributed by atoms with Crippen LogP contribution in [0.5, 0.6) is 0 Å². The summed E-state index contributed by atoms with van der Waals surface area (Å²) < 4.78 is 31.8. The van der Waals surface area contributed by atoms with Crippen LogP contribution in [0.3, 0.4) is 0 Å². The summed E-state index contributed by atoms with van der Waals surface area (Å²) in [6.45, 7) is 23.7. The van der Waals surface area contributed by atoms with Crippen LogP contribution < -0.4 is 0 Å². The molecule has 2 N–H and O–H groups in total. The van der Waals surface area contributed by atoms with E-state index in [9.17, 15) is 19.8 Å². The SMILES string of the molecule is C.C=CC1O[C@H]2C[C@H]3OC[C@@]3(OC(C)=O)[C@H]3[C@H](C)[C@]4(C(C)(C)O)CC(OC(=O)[C@H](O)[C@@H](C)CC(C)C)C(C)=C4[C@H](C)[C@H](O1)[C@]23C. The predicted octanol–water partition coefficient (Wildman–Crippen LogP) is 5.36. The van der Waals surface area contributed by atoms with E-state index in [1.54, 1.807) is 6.08 Å². The number of fused-ring (bicyclic) bond motifs is 3. The van der Waals surface area contributed by atoms with E-state index in [-0.39, 0.29) is 62.0 Å². The minimum atomic E-state index is -1.27. The molecule has 3 aliphatic carbocycles. The highest BCUT2D eigenvalue weighted by Gasteiger charge is 2.78. The molecule has 5 rings (SSSR count). The Hall–Kier alpha value is -1.78. The summed E-state index contributed by atoms with van der Waals surface area (Å²) in [5.41, 5.74) is -1.83. The van der Waals surface area contributed by atoms with Gasteiger partial charge in [0.25, 0.3) is 0 Å². The maximum atomic E-state index is 13.4. The smallest absolute Gasteiger partial charge is 0.335 e. The van der Waals surface area contributed by atoms with Gasteiger partial charge >= 0.3 is 11.9 Å². The molecule has 9 nitrogen and oxygen atoms in total. The molecule has 2 aliphatic heterocycles. The number of aliphatic hydroxyl groups is 2. The Morgan fingerprint density at radius 2 is 1.82 bits per heavy atom. The summed E-state index contributed by atoms with van der Waals surface area (Å²) in [6, 6.07) is 0. The Kier molecular flexibility index (Phi) is 9.64. The first-order valence-corrected chi connectivity index (χ1v) is 16.4. The summed E-state index contributed by atoms with van der Waals surface area (Å²) in [6.07, 6.45) is -0.317. The number of hydrogen-bond acceptors (Lipinski definition) is 9. The van der Waals surface area contributed by atoms with E-state index in [0.717, 1.165) is 11.1 Å². The third-order valence-corrected chi connectivity index (χ3v) is 12.1. The highest BCUT2D eigenvalue weighted by molar-refractivity contribution is 5.75. The molecule has 256 valence electrons. The average molecular weight is 635 g/mol. The topological polar surface area (TPSA) is 121 Å². The Morgan fingerprint density at radius 3 is 2.33 bits per heavy atom. The molecule has 2 saturated carbocycles. The van der Waals surface area contributed by atoms with E-state index in [4.69, 9.17) is 23.7 Å². The van der Waals surface area contributed by atoms with Gasteiger partial charge in [-0.05, 0) is 56.6 Å². The summed E-state index contributed by atoms with van der Waals surface area (Å²) in [5, 5.41) is 23.2. The minimum Gasteiger partial charge on any atom is -0.456 e. The fraction of sp³-hybridized carbons (Fsp3) is 0.833. The third kappa shape index (κ3) is 5.14. The van der Waals surface area contributed by atoms with Crippen LogP contribution in [0.15, 0.2) is 23.8 Å². The zero-order valence-corrected chi connectivity index (χ0v) is 28.2. The van der Waals surface area contributed by atoms with E-state index in [1.165, 1.54) is 6.92 Å². The molecule has 0 bridgehead atoms. The van der Waals surface area contributed by atoms with Crippen LogP contribution in [-0.4, -0.2) is 76.8 Å². The van der Waals surface area contributed by atoms with Gasteiger partial charge in [0.1, 0.15) is 12.2 Å². The fourth-order valence-corrected chi connectivity index (χ4v) is 10.6. The van der Waals surface area contributed by atoms with Gasteiger partial charge in [-0.3, -0.25) is 4.79 Å². The maximum Gasteiger partial charge on any atom is 0.335 e. The van der Waals surface area contributed by atoms with Gasteiger partial charge in [0.2, 0.25) is 0 Å². The van der Waals surface area contributed by atoms with Gasteiger partial charge < -0.3 is 33.9 Å². The van der Waals surface area contributed by atoms with Gasteiger partial charge in [0.05, 0.1) is 24.4 Å². The number of aliphatic hydroxyl groups excluding tert-OH is 1. The van der Waals surface area contributed by atoms with Crippen molar-refractivity contribution < 1.29 is 43.5 Å². The summed E-state index contributed by atoms with van der Waals surface area (Å²) in [5.74, 6) is -1.77. The number of carbonyl (C=O) groups excluding carboxylic acids is 2. The van der Waals surface area contributed by atoms with Gasteiger partial charge in [-0.25, -0.2) is 4.79 Å². The average Bonchev–Trinajstić information content (AvgIpc) is 3.18. The van der Waals surface area contributed by atoms with Gasteiger partial charge in [-0.15, -0.1) is 0 Å². The predicted molar refractivity (Wildman–Crippen MR) is 170 cm³/mol. The molecule has 13 atom stereocenters. The number of hydrogen-bond donors (Lipinski definition) is 2. The summed E-state index contributed by atoms with van der Waals surface area (Å²) in [4.78, 5) is 26.1. The van der Waals surface area contributed by atoms with E-state index in [2.05, 4.69) is 41.2 Å². The first-order valence-electron chi connectivity index (χ1n) is 16.4. The highest BCUT2D eigenvalue weighted by atomic mass is 16.7. The Labute approximate surface area is 270 Å². The second-order valence-electron chi connectivity index (χ2n) is 15.6. The number of esters is 2. The Morgan fingerprint density at radius 1 is 1.18 bits per heavy atom. The zero-order chi connectivity index (χ0) is 32.7. The first-order chi connectivity index (χ1) is 20.4. The zero-order valence-electron chi connectivity index (χ0n) is 28.2. The van der Waals surface area contributed by atoms with Crippen LogP contribution in [0.1, 0.15) is 95.9 Å². The van der Waals surface area contributed by atoms with Gasteiger partial charge in [0.15, 0.2) is 18.0 Å². The van der Waals surface area contributed by atoms with Crippen molar-refractivity contribution in [2.24, 2.45) is 40.4 Å². The van der Waals surface area contributed by atoms with Crippen molar-refractivity contribution >= 4 is 11.9 Å². The Bertz CT molecular complexity index is 1200. The molecular weight excluding hydrogens is 576 g/mol. The molecule has 2 unspecified atom stereocenters. The lowest BCUT2D eigenvalue weighted by Gasteiger charge is -2.68. The lowest BCUT2D eigenvalue weighted by atomic mass is 9.47.